The number of rotatable bonds is 5. The smallest absolute Gasteiger partial charge is 0.335 e. The van der Waals surface area contributed by atoms with Crippen molar-refractivity contribution in [2.24, 2.45) is 0 Å². The summed E-state index contributed by atoms with van der Waals surface area (Å²) in [4.78, 5) is 18.1. The Morgan fingerprint density at radius 1 is 1.06 bits per heavy atom. The molecular weight excluding hydrogens is 451 g/mol. The minimum Gasteiger partial charge on any atom is -0.478 e. The molecule has 2 aromatic carbocycles. The van der Waals surface area contributed by atoms with Gasteiger partial charge in [0.2, 0.25) is 0 Å². The lowest BCUT2D eigenvalue weighted by atomic mass is 10.0. The summed E-state index contributed by atoms with van der Waals surface area (Å²) in [6.07, 6.45) is 3.62. The fourth-order valence-corrected chi connectivity index (χ4v) is 4.72. The summed E-state index contributed by atoms with van der Waals surface area (Å²) in [5, 5.41) is 13.4. The first kappa shape index (κ1) is 21.8. The van der Waals surface area contributed by atoms with Crippen LogP contribution in [0.25, 0.3) is 5.69 Å². The van der Waals surface area contributed by atoms with Crippen molar-refractivity contribution >= 4 is 29.0 Å². The van der Waals surface area contributed by atoms with E-state index in [1.807, 2.05) is 52.1 Å². The Hall–Kier alpha value is -4.04. The van der Waals surface area contributed by atoms with Gasteiger partial charge in [0, 0.05) is 29.5 Å². The molecule has 0 spiro atoms. The van der Waals surface area contributed by atoms with Crippen LogP contribution >= 0.6 is 12.2 Å². The lowest BCUT2D eigenvalue weighted by Gasteiger charge is -2.29. The van der Waals surface area contributed by atoms with E-state index < -0.39 is 5.97 Å². The molecule has 1 aliphatic rings. The fraction of sp³-hybridized carbons (Fsp3) is 0.115. The average molecular weight is 473 g/mol. The summed E-state index contributed by atoms with van der Waals surface area (Å²) in [6.45, 7) is 1.72. The Labute approximate surface area is 201 Å². The average Bonchev–Trinajstić information content (AvgIpc) is 3.46. The van der Waals surface area contributed by atoms with Crippen molar-refractivity contribution in [1.29, 1.82) is 0 Å². The topological polar surface area (TPSA) is 70.4 Å². The SMILES string of the molecule is Cc1cc(N2C(=S)N[C@@H](c3ccccn3)[C@@H]2c2cccn2-c2cccc(C(=O)O)c2)ccc1F. The number of hydrogen-bond acceptors (Lipinski definition) is 3. The predicted molar refractivity (Wildman–Crippen MR) is 132 cm³/mol. The third-order valence-electron chi connectivity index (χ3n) is 5.97. The summed E-state index contributed by atoms with van der Waals surface area (Å²) >= 11 is 5.75. The third-order valence-corrected chi connectivity index (χ3v) is 6.29. The monoisotopic (exact) mass is 472 g/mol. The molecule has 0 saturated carbocycles. The molecule has 2 aromatic heterocycles. The number of aromatic carboxylic acids is 1. The summed E-state index contributed by atoms with van der Waals surface area (Å²) in [6, 6.07) is 20.7. The van der Waals surface area contributed by atoms with Gasteiger partial charge >= 0.3 is 5.97 Å². The summed E-state index contributed by atoms with van der Waals surface area (Å²) in [5.74, 6) is -1.28. The van der Waals surface area contributed by atoms with Crippen molar-refractivity contribution in [2.75, 3.05) is 4.90 Å². The number of aryl methyl sites for hydroxylation is 1. The number of thiocarbonyl (C=S) groups is 1. The quantitative estimate of drug-likeness (QED) is 0.390. The second-order valence-corrected chi connectivity index (χ2v) is 8.48. The summed E-state index contributed by atoms with van der Waals surface area (Å²) in [7, 11) is 0. The first-order chi connectivity index (χ1) is 16.4. The number of pyridine rings is 1. The maximum atomic E-state index is 14.1. The largest absolute Gasteiger partial charge is 0.478 e. The van der Waals surface area contributed by atoms with Crippen LogP contribution in [0.2, 0.25) is 0 Å². The van der Waals surface area contributed by atoms with Crippen molar-refractivity contribution in [3.63, 3.8) is 0 Å². The van der Waals surface area contributed by atoms with E-state index in [2.05, 4.69) is 10.3 Å². The Kier molecular flexibility index (Phi) is 5.59. The van der Waals surface area contributed by atoms with E-state index in [-0.39, 0.29) is 23.5 Å². The molecule has 0 unspecified atom stereocenters. The number of carboxylic acid groups (broad SMARTS) is 1. The number of carbonyl (C=O) groups is 1. The highest BCUT2D eigenvalue weighted by Gasteiger charge is 2.42. The van der Waals surface area contributed by atoms with E-state index in [0.29, 0.717) is 16.4 Å². The standard InChI is InChI=1S/C26H21FN4O2S/c1-16-14-19(10-11-20(16)27)31-24(23(29-26(31)34)21-8-2-3-12-28-21)22-9-5-13-30(22)18-7-4-6-17(15-18)25(32)33/h2-15,23-24H,1H3,(H,29,34)(H,32,33)/t23-,24-/m0/s1. The fourth-order valence-electron chi connectivity index (χ4n) is 4.37. The molecule has 34 heavy (non-hydrogen) atoms. The molecule has 3 heterocycles. The number of benzene rings is 2. The van der Waals surface area contributed by atoms with Crippen LogP contribution in [0.5, 0.6) is 0 Å². The van der Waals surface area contributed by atoms with Crippen molar-refractivity contribution < 1.29 is 14.3 Å². The maximum absolute atomic E-state index is 14.1. The lowest BCUT2D eigenvalue weighted by molar-refractivity contribution is 0.0697. The zero-order chi connectivity index (χ0) is 23.8. The van der Waals surface area contributed by atoms with Crippen LogP contribution in [0.1, 0.15) is 39.4 Å². The Morgan fingerprint density at radius 3 is 2.65 bits per heavy atom. The van der Waals surface area contributed by atoms with Crippen LogP contribution in [-0.2, 0) is 0 Å². The molecule has 0 bridgehead atoms. The maximum Gasteiger partial charge on any atom is 0.335 e. The normalized spacial score (nSPS) is 17.6. The molecule has 8 heteroatoms. The van der Waals surface area contributed by atoms with Crippen LogP contribution < -0.4 is 10.2 Å². The Morgan fingerprint density at radius 2 is 1.91 bits per heavy atom. The lowest BCUT2D eigenvalue weighted by Crippen LogP contribution is -2.30. The molecule has 1 fully saturated rings. The van der Waals surface area contributed by atoms with Crippen molar-refractivity contribution in [3.8, 4) is 5.69 Å². The van der Waals surface area contributed by atoms with Gasteiger partial charge in [-0.15, -0.1) is 0 Å². The number of hydrogen-bond donors (Lipinski definition) is 2. The van der Waals surface area contributed by atoms with Crippen molar-refractivity contribution in [1.82, 2.24) is 14.9 Å². The second-order valence-electron chi connectivity index (χ2n) is 8.09. The highest BCUT2D eigenvalue weighted by Crippen LogP contribution is 2.42. The van der Waals surface area contributed by atoms with Crippen LogP contribution in [0.3, 0.4) is 0 Å². The number of aromatic nitrogens is 2. The number of anilines is 1. The van der Waals surface area contributed by atoms with Crippen LogP contribution in [-0.4, -0.2) is 25.7 Å². The van der Waals surface area contributed by atoms with E-state index in [1.165, 1.54) is 6.07 Å². The van der Waals surface area contributed by atoms with Crippen molar-refractivity contribution in [2.45, 2.75) is 19.0 Å². The van der Waals surface area contributed by atoms with Gasteiger partial charge in [0.1, 0.15) is 11.9 Å². The molecule has 1 aliphatic heterocycles. The molecule has 4 aromatic rings. The van der Waals surface area contributed by atoms with Crippen LogP contribution in [0.15, 0.2) is 85.2 Å². The van der Waals surface area contributed by atoms with Gasteiger partial charge in [0.15, 0.2) is 5.11 Å². The number of nitrogens with one attached hydrogen (secondary N) is 1. The number of halogens is 1. The van der Waals surface area contributed by atoms with Gasteiger partial charge in [-0.3, -0.25) is 4.98 Å². The highest BCUT2D eigenvalue weighted by molar-refractivity contribution is 7.80. The molecule has 0 aliphatic carbocycles. The second kappa shape index (κ2) is 8.72. The highest BCUT2D eigenvalue weighted by atomic mass is 32.1. The van der Waals surface area contributed by atoms with Gasteiger partial charge in [-0.25, -0.2) is 9.18 Å². The molecule has 6 nitrogen and oxygen atoms in total. The number of carboxylic acids is 1. The van der Waals surface area contributed by atoms with Gasteiger partial charge in [0.05, 0.1) is 17.3 Å². The van der Waals surface area contributed by atoms with Gasteiger partial charge in [-0.05, 0) is 85.4 Å². The molecule has 0 amide bonds. The van der Waals surface area contributed by atoms with Crippen LogP contribution in [0, 0.1) is 12.7 Å². The molecule has 0 radical (unpaired) electrons. The molecule has 5 rings (SSSR count). The molecule has 2 atom stereocenters. The van der Waals surface area contributed by atoms with E-state index >= 15 is 0 Å². The predicted octanol–water partition coefficient (Wildman–Crippen LogP) is 5.20. The minimum atomic E-state index is -0.992. The van der Waals surface area contributed by atoms with E-state index in [1.54, 1.807) is 43.5 Å². The van der Waals surface area contributed by atoms with Gasteiger partial charge in [-0.1, -0.05) is 12.1 Å². The first-order valence-electron chi connectivity index (χ1n) is 10.7. The third kappa shape index (κ3) is 3.82. The number of nitrogens with zero attached hydrogens (tertiary/aromatic N) is 3. The van der Waals surface area contributed by atoms with Crippen LogP contribution in [0.4, 0.5) is 10.1 Å². The van der Waals surface area contributed by atoms with E-state index in [9.17, 15) is 14.3 Å². The van der Waals surface area contributed by atoms with E-state index in [0.717, 1.165) is 17.1 Å². The zero-order valence-corrected chi connectivity index (χ0v) is 19.0. The summed E-state index contributed by atoms with van der Waals surface area (Å²) in [5.41, 5.74) is 3.88. The molecule has 170 valence electrons. The van der Waals surface area contributed by atoms with Gasteiger partial charge in [0.25, 0.3) is 0 Å². The summed E-state index contributed by atoms with van der Waals surface area (Å²) < 4.78 is 16.0. The molecule has 2 N–H and O–H groups in total. The van der Waals surface area contributed by atoms with Gasteiger partial charge < -0.3 is 19.9 Å². The molecule has 1 saturated heterocycles. The zero-order valence-electron chi connectivity index (χ0n) is 18.2. The minimum absolute atomic E-state index is 0.199. The Balaban J connectivity index is 1.67. The van der Waals surface area contributed by atoms with Crippen molar-refractivity contribution in [3.05, 3.63) is 114 Å². The Bertz CT molecular complexity index is 1390. The van der Waals surface area contributed by atoms with E-state index in [4.69, 9.17) is 12.2 Å². The molecular formula is C26H21FN4O2S. The van der Waals surface area contributed by atoms with Gasteiger partial charge in [-0.2, -0.15) is 0 Å². The first-order valence-corrected chi connectivity index (χ1v) is 11.1.